The van der Waals surface area contributed by atoms with Crippen LogP contribution in [0.25, 0.3) is 0 Å². The third-order valence-corrected chi connectivity index (χ3v) is 3.09. The predicted molar refractivity (Wildman–Crippen MR) is 62.8 cm³/mol. The van der Waals surface area contributed by atoms with Crippen LogP contribution in [-0.2, 0) is 9.05 Å². The van der Waals surface area contributed by atoms with Crippen molar-refractivity contribution in [2.45, 2.75) is 6.42 Å². The van der Waals surface area contributed by atoms with Crippen molar-refractivity contribution in [1.29, 1.82) is 0 Å². The molecule has 0 aromatic heterocycles. The van der Waals surface area contributed by atoms with Gasteiger partial charge in [-0.3, -0.25) is 10.1 Å². The molecule has 0 unspecified atom stereocenters. The van der Waals surface area contributed by atoms with E-state index in [1.807, 2.05) is 0 Å². The summed E-state index contributed by atoms with van der Waals surface area (Å²) >= 11 is 0. The number of ether oxygens (including phenoxy) is 1. The van der Waals surface area contributed by atoms with E-state index in [1.165, 1.54) is 24.3 Å². The molecule has 6 nitrogen and oxygen atoms in total. The second kappa shape index (κ2) is 5.83. The Hall–Kier alpha value is -1.34. The molecule has 1 rings (SSSR count). The van der Waals surface area contributed by atoms with Crippen LogP contribution < -0.4 is 4.74 Å². The predicted octanol–water partition coefficient (Wildman–Crippen LogP) is 1.93. The molecule has 94 valence electrons. The summed E-state index contributed by atoms with van der Waals surface area (Å²) in [6, 6.07) is 5.53. The molecule has 0 spiro atoms. The molecule has 0 bridgehead atoms. The van der Waals surface area contributed by atoms with Gasteiger partial charge in [-0.25, -0.2) is 8.42 Å². The Balaban J connectivity index is 2.40. The maximum Gasteiger partial charge on any atom is 0.269 e. The fourth-order valence-electron chi connectivity index (χ4n) is 1.09. The first-order chi connectivity index (χ1) is 7.88. The molecule has 1 aromatic carbocycles. The van der Waals surface area contributed by atoms with Gasteiger partial charge in [0.1, 0.15) is 5.75 Å². The molecule has 0 atom stereocenters. The van der Waals surface area contributed by atoms with E-state index in [0.717, 1.165) is 0 Å². The first-order valence-corrected chi connectivity index (χ1v) is 7.16. The summed E-state index contributed by atoms with van der Waals surface area (Å²) in [6.07, 6.45) is 0.267. The maximum atomic E-state index is 10.6. The van der Waals surface area contributed by atoms with Crippen molar-refractivity contribution in [1.82, 2.24) is 0 Å². The topological polar surface area (TPSA) is 86.5 Å². The zero-order valence-corrected chi connectivity index (χ0v) is 10.3. The third kappa shape index (κ3) is 5.50. The first-order valence-electron chi connectivity index (χ1n) is 4.68. The average Bonchev–Trinajstić information content (AvgIpc) is 2.24. The molecule has 0 fully saturated rings. The minimum atomic E-state index is -3.49. The van der Waals surface area contributed by atoms with Crippen molar-refractivity contribution < 1.29 is 18.1 Å². The SMILES string of the molecule is O=[N+]([O-])c1ccc(OCCCS(=O)(=O)Cl)cc1. The van der Waals surface area contributed by atoms with Crippen LogP contribution in [0.2, 0.25) is 0 Å². The fraction of sp³-hybridized carbons (Fsp3) is 0.333. The molecule has 1 aromatic rings. The molecule has 0 aliphatic rings. The summed E-state index contributed by atoms with van der Waals surface area (Å²) in [5.74, 6) is 0.282. The van der Waals surface area contributed by atoms with E-state index < -0.39 is 14.0 Å². The van der Waals surface area contributed by atoms with Gasteiger partial charge in [0.25, 0.3) is 5.69 Å². The first kappa shape index (κ1) is 13.7. The lowest BCUT2D eigenvalue weighted by Gasteiger charge is -2.04. The Morgan fingerprint density at radius 1 is 1.29 bits per heavy atom. The number of nitro benzene ring substituents is 1. The van der Waals surface area contributed by atoms with Crippen LogP contribution in [0.15, 0.2) is 24.3 Å². The average molecular weight is 280 g/mol. The van der Waals surface area contributed by atoms with Gasteiger partial charge in [0.05, 0.1) is 17.3 Å². The van der Waals surface area contributed by atoms with Gasteiger partial charge >= 0.3 is 0 Å². The van der Waals surface area contributed by atoms with Gasteiger partial charge in [-0.15, -0.1) is 0 Å². The second-order valence-corrected chi connectivity index (χ2v) is 6.09. The normalized spacial score (nSPS) is 11.1. The molecule has 8 heteroatoms. The van der Waals surface area contributed by atoms with Gasteiger partial charge < -0.3 is 4.74 Å². The Labute approximate surface area is 103 Å². The molecule has 0 heterocycles. The second-order valence-electron chi connectivity index (χ2n) is 3.20. The van der Waals surface area contributed by atoms with Crippen LogP contribution in [0.5, 0.6) is 5.75 Å². The fourth-order valence-corrected chi connectivity index (χ4v) is 1.88. The quantitative estimate of drug-likeness (QED) is 0.344. The highest BCUT2D eigenvalue weighted by Crippen LogP contribution is 2.17. The number of non-ortho nitro benzene ring substituents is 1. The van der Waals surface area contributed by atoms with Crippen LogP contribution in [0.4, 0.5) is 5.69 Å². The lowest BCUT2D eigenvalue weighted by molar-refractivity contribution is -0.384. The number of halogens is 1. The lowest BCUT2D eigenvalue weighted by atomic mass is 10.3. The van der Waals surface area contributed by atoms with Crippen molar-refractivity contribution in [2.24, 2.45) is 0 Å². The van der Waals surface area contributed by atoms with E-state index in [-0.39, 0.29) is 24.5 Å². The monoisotopic (exact) mass is 279 g/mol. The van der Waals surface area contributed by atoms with Crippen LogP contribution >= 0.6 is 10.7 Å². The highest BCUT2D eigenvalue weighted by atomic mass is 35.7. The minimum Gasteiger partial charge on any atom is -0.494 e. The number of hydrogen-bond donors (Lipinski definition) is 0. The Kier molecular flexibility index (Phi) is 4.71. The summed E-state index contributed by atoms with van der Waals surface area (Å²) in [5.41, 5.74) is -0.0271. The van der Waals surface area contributed by atoms with Crippen molar-refractivity contribution >= 4 is 25.4 Å². The maximum absolute atomic E-state index is 10.6. The molecule has 0 radical (unpaired) electrons. The van der Waals surface area contributed by atoms with E-state index >= 15 is 0 Å². The van der Waals surface area contributed by atoms with Crippen LogP contribution in [0, 0.1) is 10.1 Å². The summed E-state index contributed by atoms with van der Waals surface area (Å²) in [7, 11) is 1.52. The third-order valence-electron chi connectivity index (χ3n) is 1.85. The Morgan fingerprint density at radius 3 is 2.35 bits per heavy atom. The van der Waals surface area contributed by atoms with E-state index in [4.69, 9.17) is 15.4 Å². The zero-order valence-electron chi connectivity index (χ0n) is 8.71. The van der Waals surface area contributed by atoms with Crippen LogP contribution in [0.1, 0.15) is 6.42 Å². The van der Waals surface area contributed by atoms with Gasteiger partial charge in [-0.1, -0.05) is 0 Å². The molecule has 17 heavy (non-hydrogen) atoms. The number of nitrogens with zero attached hydrogens (tertiary/aromatic N) is 1. The highest BCUT2D eigenvalue weighted by molar-refractivity contribution is 8.13. The minimum absolute atomic E-state index is 0.0271. The van der Waals surface area contributed by atoms with Crippen molar-refractivity contribution in [2.75, 3.05) is 12.4 Å². The smallest absolute Gasteiger partial charge is 0.269 e. The van der Waals surface area contributed by atoms with Crippen LogP contribution in [0.3, 0.4) is 0 Å². The summed E-state index contributed by atoms with van der Waals surface area (Å²) in [4.78, 5) is 9.86. The zero-order chi connectivity index (χ0) is 12.9. The van der Waals surface area contributed by atoms with Crippen molar-refractivity contribution in [3.05, 3.63) is 34.4 Å². The van der Waals surface area contributed by atoms with Crippen molar-refractivity contribution in [3.8, 4) is 5.75 Å². The molecule has 0 aliphatic heterocycles. The van der Waals surface area contributed by atoms with Gasteiger partial charge in [-0.05, 0) is 18.6 Å². The van der Waals surface area contributed by atoms with E-state index in [1.54, 1.807) is 0 Å². The summed E-state index contributed by atoms with van der Waals surface area (Å²) in [5, 5.41) is 10.4. The van der Waals surface area contributed by atoms with Gasteiger partial charge in [0.15, 0.2) is 0 Å². The summed E-state index contributed by atoms with van der Waals surface area (Å²) < 4.78 is 26.4. The number of benzene rings is 1. The van der Waals surface area contributed by atoms with Gasteiger partial charge in [0.2, 0.25) is 9.05 Å². The van der Waals surface area contributed by atoms with E-state index in [0.29, 0.717) is 5.75 Å². The summed E-state index contributed by atoms with van der Waals surface area (Å²) in [6.45, 7) is 0.184. The Morgan fingerprint density at radius 2 is 1.88 bits per heavy atom. The molecule has 0 saturated carbocycles. The molecule has 0 N–H and O–H groups in total. The number of rotatable bonds is 6. The number of hydrogen-bond acceptors (Lipinski definition) is 5. The molecule has 0 aliphatic carbocycles. The van der Waals surface area contributed by atoms with Crippen LogP contribution in [-0.4, -0.2) is 25.7 Å². The molecular formula is C9H10ClNO5S. The Bertz CT molecular complexity index is 485. The van der Waals surface area contributed by atoms with Crippen molar-refractivity contribution in [3.63, 3.8) is 0 Å². The van der Waals surface area contributed by atoms with E-state index in [2.05, 4.69) is 0 Å². The molecule has 0 amide bonds. The lowest BCUT2D eigenvalue weighted by Crippen LogP contribution is -2.04. The standard InChI is InChI=1S/C9H10ClNO5S/c10-17(14,15)7-1-6-16-9-4-2-8(3-5-9)11(12)13/h2-5H,1,6-7H2. The largest absolute Gasteiger partial charge is 0.494 e. The molecule has 0 saturated heterocycles. The highest BCUT2D eigenvalue weighted by Gasteiger charge is 2.06. The van der Waals surface area contributed by atoms with E-state index in [9.17, 15) is 18.5 Å². The van der Waals surface area contributed by atoms with Gasteiger partial charge in [-0.2, -0.15) is 0 Å². The van der Waals surface area contributed by atoms with Gasteiger partial charge in [0, 0.05) is 22.8 Å². The molecular weight excluding hydrogens is 270 g/mol. The number of nitro groups is 1.